The number of carbonyl (C=O) groups is 1. The number of hydrogen-bond donors (Lipinski definition) is 2. The van der Waals surface area contributed by atoms with Gasteiger partial charge in [0.1, 0.15) is 4.88 Å². The van der Waals surface area contributed by atoms with Gasteiger partial charge in [0.15, 0.2) is 5.13 Å². The Labute approximate surface area is 113 Å². The summed E-state index contributed by atoms with van der Waals surface area (Å²) < 4.78 is 0. The zero-order chi connectivity index (χ0) is 13.0. The summed E-state index contributed by atoms with van der Waals surface area (Å²) in [6.45, 7) is 2.65. The van der Waals surface area contributed by atoms with E-state index in [1.807, 2.05) is 5.38 Å². The molecule has 0 unspecified atom stereocenters. The quantitative estimate of drug-likeness (QED) is 0.875. The fourth-order valence-corrected chi connectivity index (χ4v) is 2.79. The molecule has 0 aliphatic heterocycles. The lowest BCUT2D eigenvalue weighted by Gasteiger charge is -2.00. The molecular weight excluding hydrogens is 268 g/mol. The lowest BCUT2D eigenvalue weighted by molar-refractivity contribution is 0.0958. The van der Waals surface area contributed by atoms with E-state index in [-0.39, 0.29) is 5.91 Å². The molecule has 5 nitrogen and oxygen atoms in total. The Bertz CT molecular complexity index is 535. The van der Waals surface area contributed by atoms with Crippen LogP contribution >= 0.6 is 22.7 Å². The topological polar surface area (TPSA) is 80.9 Å². The van der Waals surface area contributed by atoms with E-state index in [9.17, 15) is 4.79 Å². The highest BCUT2D eigenvalue weighted by Gasteiger charge is 2.08. The SMILES string of the molecule is CCc1nc(CCNC(=O)c2cnc(N)s2)cs1. The van der Waals surface area contributed by atoms with Crippen molar-refractivity contribution in [2.24, 2.45) is 0 Å². The number of hydrogen-bond acceptors (Lipinski definition) is 6. The Morgan fingerprint density at radius 1 is 1.56 bits per heavy atom. The lowest BCUT2D eigenvalue weighted by Crippen LogP contribution is -2.24. The Balaban J connectivity index is 1.80. The van der Waals surface area contributed by atoms with E-state index >= 15 is 0 Å². The summed E-state index contributed by atoms with van der Waals surface area (Å²) in [5.74, 6) is -0.129. The van der Waals surface area contributed by atoms with E-state index in [1.165, 1.54) is 17.5 Å². The van der Waals surface area contributed by atoms with Gasteiger partial charge in [-0.15, -0.1) is 11.3 Å². The van der Waals surface area contributed by atoms with Crippen LogP contribution < -0.4 is 11.1 Å². The molecule has 0 aliphatic carbocycles. The summed E-state index contributed by atoms with van der Waals surface area (Å²) in [7, 11) is 0. The van der Waals surface area contributed by atoms with Gasteiger partial charge in [-0.05, 0) is 6.42 Å². The van der Waals surface area contributed by atoms with Crippen molar-refractivity contribution in [3.8, 4) is 0 Å². The third kappa shape index (κ3) is 3.27. The first kappa shape index (κ1) is 13.0. The molecule has 96 valence electrons. The molecule has 0 atom stereocenters. The smallest absolute Gasteiger partial charge is 0.263 e. The zero-order valence-corrected chi connectivity index (χ0v) is 11.6. The fourth-order valence-electron chi connectivity index (χ4n) is 1.41. The standard InChI is InChI=1S/C11H14N4OS2/c1-2-9-15-7(6-17-9)3-4-13-10(16)8-5-14-11(12)18-8/h5-6H,2-4H2,1H3,(H2,12,14)(H,13,16). The molecule has 3 N–H and O–H groups in total. The highest BCUT2D eigenvalue weighted by molar-refractivity contribution is 7.17. The van der Waals surface area contributed by atoms with Gasteiger partial charge in [-0.25, -0.2) is 9.97 Å². The molecule has 0 saturated carbocycles. The number of rotatable bonds is 5. The maximum absolute atomic E-state index is 11.7. The van der Waals surface area contributed by atoms with E-state index in [1.54, 1.807) is 11.3 Å². The second-order valence-electron chi connectivity index (χ2n) is 3.65. The van der Waals surface area contributed by atoms with Crippen LogP contribution in [0.2, 0.25) is 0 Å². The predicted octanol–water partition coefficient (Wildman–Crippen LogP) is 1.72. The molecule has 18 heavy (non-hydrogen) atoms. The zero-order valence-electron chi connectivity index (χ0n) is 9.97. The van der Waals surface area contributed by atoms with E-state index < -0.39 is 0 Å². The van der Waals surface area contributed by atoms with Crippen LogP contribution in [0.25, 0.3) is 0 Å². The second kappa shape index (κ2) is 5.92. The molecule has 7 heteroatoms. The predicted molar refractivity (Wildman–Crippen MR) is 74.1 cm³/mol. The van der Waals surface area contributed by atoms with Gasteiger partial charge in [-0.3, -0.25) is 4.79 Å². The van der Waals surface area contributed by atoms with Gasteiger partial charge < -0.3 is 11.1 Å². The summed E-state index contributed by atoms with van der Waals surface area (Å²) in [6.07, 6.45) is 3.20. The number of anilines is 1. The maximum atomic E-state index is 11.7. The van der Waals surface area contributed by atoms with Crippen molar-refractivity contribution in [1.29, 1.82) is 0 Å². The molecule has 0 bridgehead atoms. The highest BCUT2D eigenvalue weighted by Crippen LogP contribution is 2.14. The summed E-state index contributed by atoms with van der Waals surface area (Å²) in [5, 5.41) is 6.41. The minimum Gasteiger partial charge on any atom is -0.375 e. The summed E-state index contributed by atoms with van der Waals surface area (Å²) in [4.78, 5) is 20.5. The number of nitrogens with two attached hydrogens (primary N) is 1. The molecule has 2 heterocycles. The van der Waals surface area contributed by atoms with Crippen LogP contribution in [0.3, 0.4) is 0 Å². The summed E-state index contributed by atoms with van der Waals surface area (Å²) in [5.41, 5.74) is 6.50. The van der Waals surface area contributed by atoms with Gasteiger partial charge in [-0.1, -0.05) is 18.3 Å². The Morgan fingerprint density at radius 3 is 3.00 bits per heavy atom. The number of aromatic nitrogens is 2. The second-order valence-corrected chi connectivity index (χ2v) is 5.66. The van der Waals surface area contributed by atoms with Crippen molar-refractivity contribution in [3.63, 3.8) is 0 Å². The number of nitrogens with one attached hydrogen (secondary N) is 1. The van der Waals surface area contributed by atoms with Crippen molar-refractivity contribution >= 4 is 33.7 Å². The van der Waals surface area contributed by atoms with Gasteiger partial charge in [0, 0.05) is 18.3 Å². The molecule has 0 spiro atoms. The lowest BCUT2D eigenvalue weighted by atomic mass is 10.3. The van der Waals surface area contributed by atoms with Crippen LogP contribution in [0.15, 0.2) is 11.6 Å². The molecule has 0 radical (unpaired) electrons. The first-order chi connectivity index (χ1) is 8.69. The number of carbonyl (C=O) groups excluding carboxylic acids is 1. The van der Waals surface area contributed by atoms with Crippen LogP contribution in [-0.2, 0) is 12.8 Å². The van der Waals surface area contributed by atoms with Crippen molar-refractivity contribution in [3.05, 3.63) is 27.2 Å². The van der Waals surface area contributed by atoms with Crippen LogP contribution in [0.1, 0.15) is 27.3 Å². The third-order valence-corrected chi connectivity index (χ3v) is 4.18. The molecule has 0 aliphatic rings. The van der Waals surface area contributed by atoms with Gasteiger partial charge in [-0.2, -0.15) is 0 Å². The molecule has 1 amide bonds. The number of aryl methyl sites for hydroxylation is 1. The first-order valence-electron chi connectivity index (χ1n) is 5.62. The van der Waals surface area contributed by atoms with Crippen LogP contribution in [0.4, 0.5) is 5.13 Å². The molecule has 0 fully saturated rings. The Kier molecular flexibility index (Phi) is 4.27. The Morgan fingerprint density at radius 2 is 2.39 bits per heavy atom. The summed E-state index contributed by atoms with van der Waals surface area (Å²) in [6, 6.07) is 0. The number of amides is 1. The van der Waals surface area contributed by atoms with E-state index in [2.05, 4.69) is 22.2 Å². The number of nitrogen functional groups attached to an aromatic ring is 1. The van der Waals surface area contributed by atoms with Gasteiger partial charge >= 0.3 is 0 Å². The molecule has 0 saturated heterocycles. The van der Waals surface area contributed by atoms with Crippen molar-refractivity contribution in [2.45, 2.75) is 19.8 Å². The average Bonchev–Trinajstić information content (AvgIpc) is 2.98. The minimum atomic E-state index is -0.129. The molecule has 2 aromatic rings. The van der Waals surface area contributed by atoms with Crippen LogP contribution in [0, 0.1) is 0 Å². The Hall–Kier alpha value is -1.47. The van der Waals surface area contributed by atoms with Gasteiger partial charge in [0.2, 0.25) is 0 Å². The largest absolute Gasteiger partial charge is 0.375 e. The first-order valence-corrected chi connectivity index (χ1v) is 7.31. The highest BCUT2D eigenvalue weighted by atomic mass is 32.1. The van der Waals surface area contributed by atoms with Crippen molar-refractivity contribution in [1.82, 2.24) is 15.3 Å². The van der Waals surface area contributed by atoms with E-state index in [0.717, 1.165) is 23.5 Å². The van der Waals surface area contributed by atoms with Crippen molar-refractivity contribution in [2.75, 3.05) is 12.3 Å². The monoisotopic (exact) mass is 282 g/mol. The third-order valence-electron chi connectivity index (χ3n) is 2.32. The van der Waals surface area contributed by atoms with Crippen LogP contribution in [0.5, 0.6) is 0 Å². The van der Waals surface area contributed by atoms with Crippen LogP contribution in [-0.4, -0.2) is 22.4 Å². The van der Waals surface area contributed by atoms with E-state index in [0.29, 0.717) is 16.6 Å². The molecule has 0 aromatic carbocycles. The number of thiazole rings is 2. The molecular formula is C11H14N4OS2. The van der Waals surface area contributed by atoms with Gasteiger partial charge in [0.25, 0.3) is 5.91 Å². The average molecular weight is 282 g/mol. The molecule has 2 aromatic heterocycles. The molecule has 2 rings (SSSR count). The normalized spacial score (nSPS) is 10.5. The van der Waals surface area contributed by atoms with Gasteiger partial charge in [0.05, 0.1) is 16.9 Å². The van der Waals surface area contributed by atoms with Crippen molar-refractivity contribution < 1.29 is 4.79 Å². The number of nitrogens with zero attached hydrogens (tertiary/aromatic N) is 2. The maximum Gasteiger partial charge on any atom is 0.263 e. The minimum absolute atomic E-state index is 0.129. The summed E-state index contributed by atoms with van der Waals surface area (Å²) >= 11 is 2.85. The fraction of sp³-hybridized carbons (Fsp3) is 0.364. The van der Waals surface area contributed by atoms with E-state index in [4.69, 9.17) is 5.73 Å².